The van der Waals surface area contributed by atoms with Gasteiger partial charge in [0.1, 0.15) is 11.7 Å². The average Bonchev–Trinajstić information content (AvgIpc) is 2.35. The summed E-state index contributed by atoms with van der Waals surface area (Å²) in [5, 5.41) is 0. The van der Waals surface area contributed by atoms with E-state index in [4.69, 9.17) is 14.2 Å². The Morgan fingerprint density at radius 3 is 2.72 bits per heavy atom. The van der Waals surface area contributed by atoms with Gasteiger partial charge in [-0.1, -0.05) is 0 Å². The predicted octanol–water partition coefficient (Wildman–Crippen LogP) is 1.69. The molecule has 0 amide bonds. The van der Waals surface area contributed by atoms with E-state index in [0.29, 0.717) is 13.0 Å². The minimum atomic E-state index is -0.714. The molecule has 0 N–H and O–H groups in total. The summed E-state index contributed by atoms with van der Waals surface area (Å²) in [7, 11) is 0. The van der Waals surface area contributed by atoms with E-state index >= 15 is 0 Å². The molecule has 5 heteroatoms. The lowest BCUT2D eigenvalue weighted by Gasteiger charge is -2.23. The summed E-state index contributed by atoms with van der Waals surface area (Å²) in [6.45, 7) is 4.47. The summed E-state index contributed by atoms with van der Waals surface area (Å²) in [6.07, 6.45) is 3.21. The summed E-state index contributed by atoms with van der Waals surface area (Å²) in [4.78, 5) is 22.9. The van der Waals surface area contributed by atoms with Crippen LogP contribution in [0.3, 0.4) is 0 Å². The number of hydrogen-bond donors (Lipinski definition) is 0. The van der Waals surface area contributed by atoms with Crippen LogP contribution in [0.5, 0.6) is 0 Å². The number of hydrogen-bond acceptors (Lipinski definition) is 5. The fraction of sp³-hybridized carbons (Fsp3) is 0.846. The summed E-state index contributed by atoms with van der Waals surface area (Å²) in [5.74, 6) is -1.35. The topological polar surface area (TPSA) is 61.8 Å². The van der Waals surface area contributed by atoms with Crippen molar-refractivity contribution in [2.75, 3.05) is 19.8 Å². The largest absolute Gasteiger partial charge is 0.465 e. The number of ether oxygens (including phenoxy) is 3. The van der Waals surface area contributed by atoms with Crippen LogP contribution in [-0.4, -0.2) is 37.9 Å². The monoisotopic (exact) mass is 258 g/mol. The van der Waals surface area contributed by atoms with Crippen LogP contribution in [0.25, 0.3) is 0 Å². The Labute approximate surface area is 108 Å². The third-order valence-corrected chi connectivity index (χ3v) is 2.91. The Bertz CT molecular complexity index is 271. The van der Waals surface area contributed by atoms with Crippen LogP contribution < -0.4 is 0 Å². The second-order valence-corrected chi connectivity index (χ2v) is 4.37. The molecule has 2 atom stereocenters. The first-order chi connectivity index (χ1) is 8.65. The predicted molar refractivity (Wildman–Crippen MR) is 65.0 cm³/mol. The lowest BCUT2D eigenvalue weighted by Crippen LogP contribution is -2.28. The van der Waals surface area contributed by atoms with Crippen molar-refractivity contribution in [1.82, 2.24) is 0 Å². The molecule has 0 aliphatic carbocycles. The number of carbonyl (C=O) groups is 2. The van der Waals surface area contributed by atoms with Gasteiger partial charge in [-0.3, -0.25) is 9.59 Å². The molecule has 0 saturated carbocycles. The SMILES string of the molecule is CCOC(=O)C(CCOC1CCCCO1)C(C)=O. The van der Waals surface area contributed by atoms with Crippen molar-refractivity contribution in [2.45, 2.75) is 45.8 Å². The van der Waals surface area contributed by atoms with Crippen LogP contribution in [0.1, 0.15) is 39.5 Å². The molecule has 0 aromatic carbocycles. The average molecular weight is 258 g/mol. The van der Waals surface area contributed by atoms with E-state index in [2.05, 4.69) is 0 Å². The highest BCUT2D eigenvalue weighted by molar-refractivity contribution is 5.97. The van der Waals surface area contributed by atoms with Gasteiger partial charge >= 0.3 is 5.97 Å². The van der Waals surface area contributed by atoms with E-state index in [1.165, 1.54) is 6.92 Å². The highest BCUT2D eigenvalue weighted by Crippen LogP contribution is 2.15. The van der Waals surface area contributed by atoms with Crippen LogP contribution in [0.2, 0.25) is 0 Å². The van der Waals surface area contributed by atoms with Gasteiger partial charge < -0.3 is 14.2 Å². The fourth-order valence-electron chi connectivity index (χ4n) is 1.89. The van der Waals surface area contributed by atoms with Crippen molar-refractivity contribution >= 4 is 11.8 Å². The third kappa shape index (κ3) is 5.14. The number of ketones is 1. The maximum absolute atomic E-state index is 11.5. The minimum Gasteiger partial charge on any atom is -0.465 e. The normalized spacial score (nSPS) is 21.3. The zero-order chi connectivity index (χ0) is 13.4. The maximum atomic E-state index is 11.5. The van der Waals surface area contributed by atoms with Gasteiger partial charge in [-0.05, 0) is 39.5 Å². The molecular formula is C13H22O5. The first-order valence-electron chi connectivity index (χ1n) is 6.55. The van der Waals surface area contributed by atoms with E-state index in [-0.39, 0.29) is 18.7 Å². The number of rotatable bonds is 7. The van der Waals surface area contributed by atoms with Crippen molar-refractivity contribution < 1.29 is 23.8 Å². The Morgan fingerprint density at radius 2 is 2.17 bits per heavy atom. The van der Waals surface area contributed by atoms with Gasteiger partial charge in [0, 0.05) is 6.61 Å². The molecular weight excluding hydrogens is 236 g/mol. The van der Waals surface area contributed by atoms with Crippen LogP contribution in [0, 0.1) is 5.92 Å². The smallest absolute Gasteiger partial charge is 0.316 e. The molecule has 1 saturated heterocycles. The Kier molecular flexibility index (Phi) is 6.90. The molecule has 1 rings (SSSR count). The van der Waals surface area contributed by atoms with Gasteiger partial charge in [-0.2, -0.15) is 0 Å². The van der Waals surface area contributed by atoms with Crippen molar-refractivity contribution in [3.8, 4) is 0 Å². The molecule has 5 nitrogen and oxygen atoms in total. The standard InChI is InChI=1S/C13H22O5/c1-3-16-13(15)11(10(2)14)7-9-18-12-6-4-5-8-17-12/h11-12H,3-9H2,1-2H3. The van der Waals surface area contributed by atoms with Crippen LogP contribution in [0.15, 0.2) is 0 Å². The number of Topliss-reactive ketones (excluding diaryl/α,β-unsaturated/α-hetero) is 1. The van der Waals surface area contributed by atoms with Crippen LogP contribution >= 0.6 is 0 Å². The second-order valence-electron chi connectivity index (χ2n) is 4.37. The summed E-state index contributed by atoms with van der Waals surface area (Å²) in [5.41, 5.74) is 0. The van der Waals surface area contributed by atoms with Gasteiger partial charge in [0.15, 0.2) is 6.29 Å². The Morgan fingerprint density at radius 1 is 1.39 bits per heavy atom. The molecule has 1 aliphatic rings. The molecule has 0 spiro atoms. The lowest BCUT2D eigenvalue weighted by atomic mass is 10.0. The van der Waals surface area contributed by atoms with Crippen molar-refractivity contribution in [1.29, 1.82) is 0 Å². The van der Waals surface area contributed by atoms with Crippen LogP contribution in [0.4, 0.5) is 0 Å². The zero-order valence-electron chi connectivity index (χ0n) is 11.1. The first-order valence-corrected chi connectivity index (χ1v) is 6.55. The number of carbonyl (C=O) groups excluding carboxylic acids is 2. The summed E-state index contributed by atoms with van der Waals surface area (Å²) >= 11 is 0. The van der Waals surface area contributed by atoms with E-state index in [1.54, 1.807) is 6.92 Å². The third-order valence-electron chi connectivity index (χ3n) is 2.91. The maximum Gasteiger partial charge on any atom is 0.316 e. The van der Waals surface area contributed by atoms with E-state index < -0.39 is 11.9 Å². The van der Waals surface area contributed by atoms with Crippen molar-refractivity contribution in [3.63, 3.8) is 0 Å². The first kappa shape index (κ1) is 15.1. The van der Waals surface area contributed by atoms with Gasteiger partial charge in [-0.15, -0.1) is 0 Å². The van der Waals surface area contributed by atoms with E-state index in [9.17, 15) is 9.59 Å². The Balaban J connectivity index is 2.28. The second kappa shape index (κ2) is 8.21. The minimum absolute atomic E-state index is 0.179. The van der Waals surface area contributed by atoms with Crippen molar-refractivity contribution in [3.05, 3.63) is 0 Å². The zero-order valence-corrected chi connectivity index (χ0v) is 11.1. The molecule has 1 aliphatic heterocycles. The highest BCUT2D eigenvalue weighted by atomic mass is 16.7. The molecule has 1 heterocycles. The molecule has 18 heavy (non-hydrogen) atoms. The van der Waals surface area contributed by atoms with E-state index in [0.717, 1.165) is 25.9 Å². The van der Waals surface area contributed by atoms with Gasteiger partial charge in [0.25, 0.3) is 0 Å². The molecule has 0 radical (unpaired) electrons. The molecule has 0 aromatic rings. The summed E-state index contributed by atoms with van der Waals surface area (Å²) < 4.78 is 15.8. The van der Waals surface area contributed by atoms with Gasteiger partial charge in [-0.25, -0.2) is 0 Å². The molecule has 0 bridgehead atoms. The van der Waals surface area contributed by atoms with Crippen LogP contribution in [-0.2, 0) is 23.8 Å². The Hall–Kier alpha value is -0.940. The quantitative estimate of drug-likeness (QED) is 0.513. The molecule has 0 aromatic heterocycles. The molecule has 2 unspecified atom stereocenters. The lowest BCUT2D eigenvalue weighted by molar-refractivity contribution is -0.168. The molecule has 1 fully saturated rings. The van der Waals surface area contributed by atoms with Gasteiger partial charge in [0.2, 0.25) is 0 Å². The van der Waals surface area contributed by atoms with Crippen molar-refractivity contribution in [2.24, 2.45) is 5.92 Å². The molecule has 104 valence electrons. The van der Waals surface area contributed by atoms with Gasteiger partial charge in [0.05, 0.1) is 13.2 Å². The highest BCUT2D eigenvalue weighted by Gasteiger charge is 2.25. The van der Waals surface area contributed by atoms with E-state index in [1.807, 2.05) is 0 Å². The number of esters is 1. The summed E-state index contributed by atoms with van der Waals surface area (Å²) in [6, 6.07) is 0. The fourth-order valence-corrected chi connectivity index (χ4v) is 1.89.